The summed E-state index contributed by atoms with van der Waals surface area (Å²) in [6, 6.07) is 18.5. The quantitative estimate of drug-likeness (QED) is 0.340. The Morgan fingerprint density at radius 3 is 2.48 bits per heavy atom. The molecule has 0 saturated heterocycles. The maximum Gasteiger partial charge on any atom is 0.352 e. The van der Waals surface area contributed by atoms with Gasteiger partial charge in [0.1, 0.15) is 12.6 Å². The zero-order valence-corrected chi connectivity index (χ0v) is 14.0. The van der Waals surface area contributed by atoms with Gasteiger partial charge in [-0.2, -0.15) is 0 Å². The van der Waals surface area contributed by atoms with Gasteiger partial charge in [0.2, 0.25) is 5.52 Å². The van der Waals surface area contributed by atoms with E-state index >= 15 is 0 Å². The van der Waals surface area contributed by atoms with Crippen LogP contribution in [0.25, 0.3) is 44.2 Å². The molecule has 2 heterocycles. The predicted molar refractivity (Wildman–Crippen MR) is 98.2 cm³/mol. The maximum atomic E-state index is 5.56. The lowest BCUT2D eigenvalue weighted by Gasteiger charge is -2.05. The molecule has 120 valence electrons. The van der Waals surface area contributed by atoms with Gasteiger partial charge in [0.25, 0.3) is 0 Å². The van der Waals surface area contributed by atoms with Gasteiger partial charge in [-0.25, -0.2) is 0 Å². The van der Waals surface area contributed by atoms with E-state index in [1.807, 2.05) is 36.0 Å². The minimum Gasteiger partial charge on any atom is -0.464 e. The largest absolute Gasteiger partial charge is 0.464 e. The van der Waals surface area contributed by atoms with E-state index in [-0.39, 0.29) is 0 Å². The Morgan fingerprint density at radius 1 is 0.920 bits per heavy atom. The average molecular weight is 326 g/mol. The normalized spacial score (nSPS) is 11.6. The molecule has 0 saturated carbocycles. The molecule has 0 fully saturated rings. The van der Waals surface area contributed by atoms with Crippen molar-refractivity contribution in [3.05, 3.63) is 66.4 Å². The second-order valence-corrected chi connectivity index (χ2v) is 6.34. The number of rotatable bonds is 1. The molecular formula is C21H16N3O+. The molecule has 0 aliphatic heterocycles. The Labute approximate surface area is 144 Å². The first kappa shape index (κ1) is 14.1. The van der Waals surface area contributed by atoms with Crippen LogP contribution in [0.1, 0.15) is 5.56 Å². The van der Waals surface area contributed by atoms with Gasteiger partial charge in [0, 0.05) is 5.39 Å². The van der Waals surface area contributed by atoms with Gasteiger partial charge in [0.15, 0.2) is 5.52 Å². The third-order valence-electron chi connectivity index (χ3n) is 4.70. The fraction of sp³-hybridized carbons (Fsp3) is 0.0952. The fourth-order valence-electron chi connectivity index (χ4n) is 3.45. The Kier molecular flexibility index (Phi) is 2.88. The van der Waals surface area contributed by atoms with Crippen molar-refractivity contribution in [2.24, 2.45) is 7.05 Å². The van der Waals surface area contributed by atoms with Crippen molar-refractivity contribution in [1.29, 1.82) is 0 Å². The number of nitrogens with zero attached hydrogens (tertiary/aromatic N) is 3. The molecule has 0 spiro atoms. The van der Waals surface area contributed by atoms with Gasteiger partial charge in [-0.3, -0.25) is 0 Å². The van der Waals surface area contributed by atoms with Gasteiger partial charge in [0.05, 0.1) is 11.8 Å². The highest BCUT2D eigenvalue weighted by molar-refractivity contribution is 5.96. The van der Waals surface area contributed by atoms with Crippen LogP contribution in [0.15, 0.2) is 65.3 Å². The lowest BCUT2D eigenvalue weighted by atomic mass is 10.0. The Morgan fingerprint density at radius 2 is 1.68 bits per heavy atom. The van der Waals surface area contributed by atoms with Crippen LogP contribution < -0.4 is 4.68 Å². The van der Waals surface area contributed by atoms with E-state index in [1.54, 1.807) is 6.26 Å². The topological polar surface area (TPSA) is 42.8 Å². The number of fused-ring (bicyclic) bond motifs is 3. The number of aryl methyl sites for hydroxylation is 2. The van der Waals surface area contributed by atoms with Gasteiger partial charge in [-0.15, -0.1) is 4.68 Å². The van der Waals surface area contributed by atoms with Crippen LogP contribution in [0.5, 0.6) is 0 Å². The molecule has 0 radical (unpaired) electrons. The molecule has 3 aromatic carbocycles. The van der Waals surface area contributed by atoms with Crippen molar-refractivity contribution < 1.29 is 9.10 Å². The number of aromatic nitrogens is 3. The van der Waals surface area contributed by atoms with Crippen LogP contribution in [0.4, 0.5) is 0 Å². The molecule has 0 N–H and O–H groups in total. The molecule has 2 aromatic heterocycles. The maximum absolute atomic E-state index is 5.56. The van der Waals surface area contributed by atoms with E-state index in [1.165, 1.54) is 10.8 Å². The number of hydrogen-bond donors (Lipinski definition) is 0. The van der Waals surface area contributed by atoms with Gasteiger partial charge in [-0.05, 0) is 52.5 Å². The Balaban J connectivity index is 1.86. The van der Waals surface area contributed by atoms with Crippen molar-refractivity contribution in [1.82, 2.24) is 10.1 Å². The van der Waals surface area contributed by atoms with Crippen LogP contribution in [0, 0.1) is 6.92 Å². The molecule has 0 atom stereocenters. The average Bonchev–Trinajstić information content (AvgIpc) is 3.08. The molecule has 4 heteroatoms. The SMILES string of the molecule is Cc1ccc2occc2c1-c1nc2cc3ccccc3cc2n[n+]1C. The zero-order valence-electron chi connectivity index (χ0n) is 14.0. The van der Waals surface area contributed by atoms with Gasteiger partial charge >= 0.3 is 5.82 Å². The first-order valence-corrected chi connectivity index (χ1v) is 8.25. The molecule has 5 aromatic rings. The standard InChI is InChI=1S/C21H16N3O/c1-13-7-8-19-16(9-10-25-19)20(13)21-22-17-11-14-5-3-4-6-15(14)12-18(17)23-24(21)2/h3-12H,1-2H3/q+1. The fourth-order valence-corrected chi connectivity index (χ4v) is 3.45. The molecule has 25 heavy (non-hydrogen) atoms. The zero-order chi connectivity index (χ0) is 17.0. The van der Waals surface area contributed by atoms with Crippen LogP contribution in [-0.4, -0.2) is 10.1 Å². The molecule has 0 amide bonds. The number of furan rings is 1. The summed E-state index contributed by atoms with van der Waals surface area (Å²) in [4.78, 5) is 4.94. The third-order valence-corrected chi connectivity index (χ3v) is 4.70. The van der Waals surface area contributed by atoms with Gasteiger partial charge in [-0.1, -0.05) is 35.4 Å². The van der Waals surface area contributed by atoms with Crippen molar-refractivity contribution >= 4 is 32.8 Å². The molecule has 0 aliphatic carbocycles. The van der Waals surface area contributed by atoms with E-state index < -0.39 is 0 Å². The molecule has 0 bridgehead atoms. The monoisotopic (exact) mass is 326 g/mol. The lowest BCUT2D eigenvalue weighted by molar-refractivity contribution is -0.720. The summed E-state index contributed by atoms with van der Waals surface area (Å²) in [6.45, 7) is 2.09. The Hall–Kier alpha value is -3.27. The predicted octanol–water partition coefficient (Wildman–Crippen LogP) is 4.33. The third kappa shape index (κ3) is 2.11. The van der Waals surface area contributed by atoms with Gasteiger partial charge < -0.3 is 4.42 Å². The summed E-state index contributed by atoms with van der Waals surface area (Å²) < 4.78 is 7.42. The van der Waals surface area contributed by atoms with Crippen LogP contribution in [-0.2, 0) is 7.05 Å². The molecule has 0 unspecified atom stereocenters. The highest BCUT2D eigenvalue weighted by atomic mass is 16.3. The summed E-state index contributed by atoms with van der Waals surface area (Å²) in [5.41, 5.74) is 4.87. The van der Waals surface area contributed by atoms with Crippen LogP contribution in [0.3, 0.4) is 0 Å². The summed E-state index contributed by atoms with van der Waals surface area (Å²) >= 11 is 0. The van der Waals surface area contributed by atoms with E-state index in [0.717, 1.165) is 39.0 Å². The van der Waals surface area contributed by atoms with E-state index in [0.29, 0.717) is 0 Å². The number of hydrogen-bond acceptors (Lipinski definition) is 3. The highest BCUT2D eigenvalue weighted by Crippen LogP contribution is 2.30. The van der Waals surface area contributed by atoms with Crippen molar-refractivity contribution in [2.75, 3.05) is 0 Å². The molecule has 5 rings (SSSR count). The first-order chi connectivity index (χ1) is 12.2. The molecule has 4 nitrogen and oxygen atoms in total. The minimum absolute atomic E-state index is 0.840. The second-order valence-electron chi connectivity index (χ2n) is 6.34. The van der Waals surface area contributed by atoms with Crippen molar-refractivity contribution in [3.63, 3.8) is 0 Å². The summed E-state index contributed by atoms with van der Waals surface area (Å²) in [7, 11) is 1.94. The lowest BCUT2D eigenvalue weighted by Crippen LogP contribution is -2.37. The molecular weight excluding hydrogens is 310 g/mol. The van der Waals surface area contributed by atoms with E-state index in [2.05, 4.69) is 37.3 Å². The minimum atomic E-state index is 0.840. The van der Waals surface area contributed by atoms with Crippen molar-refractivity contribution in [2.45, 2.75) is 6.92 Å². The first-order valence-electron chi connectivity index (χ1n) is 8.25. The number of benzene rings is 3. The second kappa shape index (κ2) is 5.11. The van der Waals surface area contributed by atoms with Crippen LogP contribution in [0.2, 0.25) is 0 Å². The highest BCUT2D eigenvalue weighted by Gasteiger charge is 2.22. The molecule has 0 aliphatic rings. The van der Waals surface area contributed by atoms with E-state index in [9.17, 15) is 0 Å². The summed E-state index contributed by atoms with van der Waals surface area (Å²) in [5.74, 6) is 0.840. The van der Waals surface area contributed by atoms with Crippen LogP contribution >= 0.6 is 0 Å². The summed E-state index contributed by atoms with van der Waals surface area (Å²) in [5, 5.41) is 8.16. The van der Waals surface area contributed by atoms with Crippen molar-refractivity contribution in [3.8, 4) is 11.4 Å². The van der Waals surface area contributed by atoms with E-state index in [4.69, 9.17) is 14.5 Å². The smallest absolute Gasteiger partial charge is 0.352 e. The Bertz CT molecular complexity index is 1270. The summed E-state index contributed by atoms with van der Waals surface area (Å²) in [6.07, 6.45) is 1.72.